The van der Waals surface area contributed by atoms with E-state index in [9.17, 15) is 9.59 Å². The van der Waals surface area contributed by atoms with Gasteiger partial charge in [0.25, 0.3) is 0 Å². The van der Waals surface area contributed by atoms with E-state index in [4.69, 9.17) is 9.47 Å². The minimum absolute atomic E-state index is 0.181. The predicted molar refractivity (Wildman–Crippen MR) is 98.5 cm³/mol. The summed E-state index contributed by atoms with van der Waals surface area (Å²) >= 11 is 0. The minimum atomic E-state index is -0.272. The monoisotopic (exact) mass is 342 g/mol. The Kier molecular flexibility index (Phi) is 7.96. The van der Waals surface area contributed by atoms with Crippen molar-refractivity contribution < 1.29 is 19.1 Å². The molecule has 0 aromatic heterocycles. The van der Waals surface area contributed by atoms with Crippen LogP contribution in [0.2, 0.25) is 0 Å². The first-order valence-electron chi connectivity index (χ1n) is 9.04. The molecule has 0 aliphatic heterocycles. The van der Waals surface area contributed by atoms with Crippen molar-refractivity contribution in [2.45, 2.75) is 51.9 Å². The lowest BCUT2D eigenvalue weighted by Gasteiger charge is -2.06. The molecular formula is C21H26O4. The van der Waals surface area contributed by atoms with Crippen LogP contribution in [0.4, 0.5) is 0 Å². The van der Waals surface area contributed by atoms with Crippen molar-refractivity contribution in [3.63, 3.8) is 0 Å². The lowest BCUT2D eigenvalue weighted by Crippen LogP contribution is -2.09. The Bertz CT molecular complexity index is 693. The minimum Gasteiger partial charge on any atom is -0.466 e. The molecule has 25 heavy (non-hydrogen) atoms. The summed E-state index contributed by atoms with van der Waals surface area (Å²) < 4.78 is 10.5. The molecule has 0 N–H and O–H groups in total. The number of hydrogen-bond donors (Lipinski definition) is 0. The van der Waals surface area contributed by atoms with Gasteiger partial charge in [-0.1, -0.05) is 50.1 Å². The molecule has 0 saturated carbocycles. The van der Waals surface area contributed by atoms with E-state index >= 15 is 0 Å². The smallest absolute Gasteiger partial charge is 0.311 e. The molecule has 4 nitrogen and oxygen atoms in total. The quantitative estimate of drug-likeness (QED) is 0.345. The summed E-state index contributed by atoms with van der Waals surface area (Å²) in [7, 11) is 0. The van der Waals surface area contributed by atoms with E-state index < -0.39 is 0 Å². The summed E-state index contributed by atoms with van der Waals surface area (Å²) in [5.74, 6) is 0.102. The zero-order valence-electron chi connectivity index (χ0n) is 14.8. The summed E-state index contributed by atoms with van der Waals surface area (Å²) in [6.07, 6.45) is 5.02. The first kappa shape index (κ1) is 19.0. The highest BCUT2D eigenvalue weighted by Gasteiger charge is 2.07. The van der Waals surface area contributed by atoms with E-state index in [1.807, 2.05) is 36.4 Å². The van der Waals surface area contributed by atoms with Crippen LogP contribution in [0, 0.1) is 0 Å². The van der Waals surface area contributed by atoms with Crippen LogP contribution >= 0.6 is 0 Å². The van der Waals surface area contributed by atoms with Gasteiger partial charge in [-0.15, -0.1) is 0 Å². The van der Waals surface area contributed by atoms with Crippen molar-refractivity contribution in [1.82, 2.24) is 0 Å². The van der Waals surface area contributed by atoms with Crippen molar-refractivity contribution in [3.8, 4) is 5.75 Å². The van der Waals surface area contributed by atoms with Gasteiger partial charge in [-0.3, -0.25) is 9.59 Å². The van der Waals surface area contributed by atoms with Crippen molar-refractivity contribution in [2.75, 3.05) is 6.61 Å². The Balaban J connectivity index is 1.64. The van der Waals surface area contributed by atoms with Crippen molar-refractivity contribution >= 4 is 22.7 Å². The fourth-order valence-corrected chi connectivity index (χ4v) is 2.56. The van der Waals surface area contributed by atoms with Gasteiger partial charge in [0.05, 0.1) is 6.61 Å². The first-order valence-corrected chi connectivity index (χ1v) is 9.04. The molecule has 0 amide bonds. The molecule has 0 heterocycles. The third-order valence-corrected chi connectivity index (χ3v) is 3.98. The normalized spacial score (nSPS) is 10.6. The average Bonchev–Trinajstić information content (AvgIpc) is 2.62. The van der Waals surface area contributed by atoms with E-state index in [-0.39, 0.29) is 11.9 Å². The molecule has 0 saturated heterocycles. The van der Waals surface area contributed by atoms with Crippen LogP contribution in [0.5, 0.6) is 5.75 Å². The van der Waals surface area contributed by atoms with Crippen molar-refractivity contribution in [1.29, 1.82) is 0 Å². The maximum absolute atomic E-state index is 11.9. The maximum atomic E-state index is 11.9. The van der Waals surface area contributed by atoms with E-state index in [1.165, 1.54) is 0 Å². The molecule has 2 rings (SSSR count). The number of hydrogen-bond acceptors (Lipinski definition) is 4. The number of benzene rings is 2. The molecular weight excluding hydrogens is 316 g/mol. The Labute approximate surface area is 149 Å². The van der Waals surface area contributed by atoms with Gasteiger partial charge in [0.1, 0.15) is 5.75 Å². The van der Waals surface area contributed by atoms with Gasteiger partial charge >= 0.3 is 11.9 Å². The summed E-state index contributed by atoms with van der Waals surface area (Å²) in [6, 6.07) is 13.5. The van der Waals surface area contributed by atoms with Crippen LogP contribution in [0.25, 0.3) is 10.8 Å². The summed E-state index contributed by atoms with van der Waals surface area (Å²) in [4.78, 5) is 23.4. The number of carbonyl (C=O) groups excluding carboxylic acids is 2. The van der Waals surface area contributed by atoms with Gasteiger partial charge in [0.15, 0.2) is 0 Å². The van der Waals surface area contributed by atoms with Crippen LogP contribution in [0.15, 0.2) is 42.5 Å². The van der Waals surface area contributed by atoms with Crippen LogP contribution in [0.3, 0.4) is 0 Å². The highest BCUT2D eigenvalue weighted by molar-refractivity contribution is 5.84. The molecule has 0 unspecified atom stereocenters. The Morgan fingerprint density at radius 1 is 0.840 bits per heavy atom. The van der Waals surface area contributed by atoms with Crippen LogP contribution in [-0.2, 0) is 14.3 Å². The Morgan fingerprint density at radius 2 is 1.56 bits per heavy atom. The van der Waals surface area contributed by atoms with E-state index in [1.54, 1.807) is 6.07 Å². The second-order valence-electron chi connectivity index (χ2n) is 6.12. The number of ether oxygens (including phenoxy) is 2. The summed E-state index contributed by atoms with van der Waals surface area (Å²) in [6.45, 7) is 2.61. The topological polar surface area (TPSA) is 52.6 Å². The zero-order chi connectivity index (χ0) is 17.9. The summed E-state index contributed by atoms with van der Waals surface area (Å²) in [5.41, 5.74) is 0. The number of unbranched alkanes of at least 4 members (excludes halogenated alkanes) is 3. The molecule has 0 spiro atoms. The Morgan fingerprint density at radius 3 is 2.32 bits per heavy atom. The molecule has 0 aliphatic carbocycles. The third kappa shape index (κ3) is 6.96. The molecule has 2 aromatic carbocycles. The number of carbonyl (C=O) groups is 2. The Hall–Kier alpha value is -2.36. The van der Waals surface area contributed by atoms with Gasteiger partial charge in [-0.05, 0) is 42.2 Å². The van der Waals surface area contributed by atoms with Gasteiger partial charge in [0.2, 0.25) is 0 Å². The molecule has 0 radical (unpaired) electrons. The van der Waals surface area contributed by atoms with Crippen LogP contribution in [0.1, 0.15) is 51.9 Å². The zero-order valence-corrected chi connectivity index (χ0v) is 14.8. The number of rotatable bonds is 10. The molecule has 0 bridgehead atoms. The standard InChI is InChI=1S/C21H26O4/c1-2-3-8-15-24-20(22)11-6-7-12-21(23)25-19-14-13-17-9-4-5-10-18(17)16-19/h4-5,9-10,13-14,16H,2-3,6-8,11-12,15H2,1H3. The third-order valence-electron chi connectivity index (χ3n) is 3.98. The molecule has 2 aromatic rings. The van der Waals surface area contributed by atoms with Gasteiger partial charge in [-0.2, -0.15) is 0 Å². The second kappa shape index (κ2) is 10.5. The lowest BCUT2D eigenvalue weighted by molar-refractivity contribution is -0.144. The largest absolute Gasteiger partial charge is 0.466 e. The van der Waals surface area contributed by atoms with E-state index in [0.717, 1.165) is 30.0 Å². The van der Waals surface area contributed by atoms with E-state index in [0.29, 0.717) is 38.0 Å². The van der Waals surface area contributed by atoms with Gasteiger partial charge in [0, 0.05) is 12.8 Å². The lowest BCUT2D eigenvalue weighted by atomic mass is 10.1. The fourth-order valence-electron chi connectivity index (χ4n) is 2.56. The summed E-state index contributed by atoms with van der Waals surface area (Å²) in [5, 5.41) is 2.15. The SMILES string of the molecule is CCCCCOC(=O)CCCCC(=O)Oc1ccc2ccccc2c1. The molecule has 134 valence electrons. The molecule has 0 aliphatic rings. The molecule has 4 heteroatoms. The molecule has 0 fully saturated rings. The fraction of sp³-hybridized carbons (Fsp3) is 0.429. The second-order valence-corrected chi connectivity index (χ2v) is 6.12. The van der Waals surface area contributed by atoms with Gasteiger partial charge in [-0.25, -0.2) is 0 Å². The molecule has 0 atom stereocenters. The first-order chi connectivity index (χ1) is 12.2. The van der Waals surface area contributed by atoms with E-state index in [2.05, 4.69) is 6.92 Å². The predicted octanol–water partition coefficient (Wildman–Crippen LogP) is 5.04. The van der Waals surface area contributed by atoms with Crippen LogP contribution < -0.4 is 4.74 Å². The van der Waals surface area contributed by atoms with Crippen molar-refractivity contribution in [2.24, 2.45) is 0 Å². The highest BCUT2D eigenvalue weighted by Crippen LogP contribution is 2.21. The number of fused-ring (bicyclic) bond motifs is 1. The van der Waals surface area contributed by atoms with Crippen LogP contribution in [-0.4, -0.2) is 18.5 Å². The number of esters is 2. The average molecular weight is 342 g/mol. The van der Waals surface area contributed by atoms with Gasteiger partial charge < -0.3 is 9.47 Å². The van der Waals surface area contributed by atoms with Crippen molar-refractivity contribution in [3.05, 3.63) is 42.5 Å². The maximum Gasteiger partial charge on any atom is 0.311 e. The highest BCUT2D eigenvalue weighted by atomic mass is 16.5.